The third-order valence-corrected chi connectivity index (χ3v) is 1.60. The number of aromatic amines is 1. The lowest BCUT2D eigenvalue weighted by molar-refractivity contribution is -0.446. The van der Waals surface area contributed by atoms with Gasteiger partial charge >= 0.3 is 0 Å². The number of nitrogens with zero attached hydrogens (tertiary/aromatic N) is 2. The number of hydrogen-bond acceptors (Lipinski definition) is 4. The van der Waals surface area contributed by atoms with Crippen LogP contribution in [0.2, 0.25) is 0 Å². The van der Waals surface area contributed by atoms with Crippen molar-refractivity contribution in [3.05, 3.63) is 31.7 Å². The van der Waals surface area contributed by atoms with Crippen LogP contribution in [0, 0.1) is 24.0 Å². The smallest absolute Gasteiger partial charge is 0.277 e. The lowest BCUT2D eigenvalue weighted by Crippen LogP contribution is -2.19. The Morgan fingerprint density at radius 2 is 2.15 bits per heavy atom. The van der Waals surface area contributed by atoms with Crippen molar-refractivity contribution < 1.29 is 5.03 Å². The zero-order valence-corrected chi connectivity index (χ0v) is 7.12. The molecule has 0 spiro atoms. The molecule has 1 heterocycles. The van der Waals surface area contributed by atoms with E-state index in [1.165, 1.54) is 0 Å². The highest BCUT2D eigenvalue weighted by atomic mass is 16.7. The molecule has 70 valence electrons. The van der Waals surface area contributed by atoms with E-state index < -0.39 is 10.6 Å². The summed E-state index contributed by atoms with van der Waals surface area (Å²) in [6.45, 7) is 3.24. The van der Waals surface area contributed by atoms with Crippen LogP contribution in [0.25, 0.3) is 0 Å². The monoisotopic (exact) mass is 184 g/mol. The highest BCUT2D eigenvalue weighted by Crippen LogP contribution is 1.99. The lowest BCUT2D eigenvalue weighted by atomic mass is 10.3. The largest absolute Gasteiger partial charge is 0.325 e. The first-order valence-corrected chi connectivity index (χ1v) is 3.49. The van der Waals surface area contributed by atoms with E-state index in [1.54, 1.807) is 19.3 Å². The highest BCUT2D eigenvalue weighted by Gasteiger charge is 2.06. The lowest BCUT2D eigenvalue weighted by Gasteiger charge is -2.00. The number of hydrogen-bond donors (Lipinski definition) is 2. The Morgan fingerprint density at radius 3 is 2.62 bits per heavy atom. The Kier molecular flexibility index (Phi) is 2.27. The summed E-state index contributed by atoms with van der Waals surface area (Å²) in [5.41, 5.74) is 2.31. The van der Waals surface area contributed by atoms with Gasteiger partial charge in [-0.3, -0.25) is 4.79 Å². The van der Waals surface area contributed by atoms with Crippen molar-refractivity contribution in [2.24, 2.45) is 0 Å². The molecule has 0 aliphatic rings. The number of aromatic nitrogens is 2. The average molecular weight is 184 g/mol. The second-order valence-corrected chi connectivity index (χ2v) is 2.51. The van der Waals surface area contributed by atoms with Crippen molar-refractivity contribution in [2.75, 3.05) is 5.43 Å². The Morgan fingerprint density at radius 1 is 1.54 bits per heavy atom. The fourth-order valence-corrected chi connectivity index (χ4v) is 0.785. The van der Waals surface area contributed by atoms with Crippen LogP contribution in [-0.2, 0) is 0 Å². The third kappa shape index (κ3) is 2.01. The fourth-order valence-electron chi connectivity index (χ4n) is 0.785. The highest BCUT2D eigenvalue weighted by molar-refractivity contribution is 5.25. The fraction of sp³-hybridized carbons (Fsp3) is 0.333. The van der Waals surface area contributed by atoms with Gasteiger partial charge in [-0.25, -0.2) is 10.1 Å². The van der Waals surface area contributed by atoms with Gasteiger partial charge in [0.05, 0.1) is 0 Å². The van der Waals surface area contributed by atoms with Crippen LogP contribution in [-0.4, -0.2) is 15.0 Å². The first kappa shape index (κ1) is 9.17. The van der Waals surface area contributed by atoms with Crippen molar-refractivity contribution in [1.29, 1.82) is 0 Å². The van der Waals surface area contributed by atoms with Gasteiger partial charge in [0.1, 0.15) is 0 Å². The summed E-state index contributed by atoms with van der Waals surface area (Å²) in [5, 5.41) is 9.22. The maximum atomic E-state index is 11.0. The molecule has 7 heteroatoms. The van der Waals surface area contributed by atoms with Crippen LogP contribution in [0.4, 0.5) is 5.95 Å². The third-order valence-electron chi connectivity index (χ3n) is 1.60. The van der Waals surface area contributed by atoms with E-state index in [0.717, 1.165) is 0 Å². The van der Waals surface area contributed by atoms with E-state index in [0.29, 0.717) is 11.3 Å². The van der Waals surface area contributed by atoms with Gasteiger partial charge in [-0.1, -0.05) is 5.43 Å². The molecule has 13 heavy (non-hydrogen) atoms. The second-order valence-electron chi connectivity index (χ2n) is 2.51. The molecule has 1 aromatic heterocycles. The van der Waals surface area contributed by atoms with Crippen LogP contribution in [0.5, 0.6) is 0 Å². The van der Waals surface area contributed by atoms with Gasteiger partial charge in [0, 0.05) is 11.3 Å². The topological polar surface area (TPSA) is 101 Å². The maximum absolute atomic E-state index is 11.0. The van der Waals surface area contributed by atoms with E-state index in [9.17, 15) is 14.9 Å². The van der Waals surface area contributed by atoms with Crippen molar-refractivity contribution >= 4 is 5.95 Å². The molecule has 0 saturated carbocycles. The number of H-pyrrole nitrogens is 1. The molecule has 2 N–H and O–H groups in total. The summed E-state index contributed by atoms with van der Waals surface area (Å²) < 4.78 is 0. The standard InChI is InChI=1S/C6H8N4O3/c1-3-4(2)7-6(8-5(3)11)9-10(12)13/h1-2H3,(H2,7,8,9,11). The number of rotatable bonds is 2. The van der Waals surface area contributed by atoms with Gasteiger partial charge in [-0.2, -0.15) is 4.98 Å². The van der Waals surface area contributed by atoms with Crippen LogP contribution in [0.15, 0.2) is 4.79 Å². The SMILES string of the molecule is Cc1[nH]c(N[N+](=O)[O-])nc(=O)c1C. The first-order chi connectivity index (χ1) is 6.00. The molecule has 0 bridgehead atoms. The predicted molar refractivity (Wildman–Crippen MR) is 44.9 cm³/mol. The Labute approximate surface area is 72.9 Å². The molecule has 7 nitrogen and oxygen atoms in total. The second kappa shape index (κ2) is 3.21. The Balaban J connectivity index is 3.13. The summed E-state index contributed by atoms with van der Waals surface area (Å²) >= 11 is 0. The minimum atomic E-state index is -0.785. The Bertz CT molecular complexity index is 397. The number of nitrogens with one attached hydrogen (secondary N) is 2. The van der Waals surface area contributed by atoms with Crippen molar-refractivity contribution in [1.82, 2.24) is 9.97 Å². The molecule has 0 aromatic carbocycles. The van der Waals surface area contributed by atoms with E-state index in [2.05, 4.69) is 9.97 Å². The van der Waals surface area contributed by atoms with Gasteiger partial charge in [-0.15, -0.1) is 0 Å². The average Bonchev–Trinajstić information content (AvgIpc) is 1.98. The minimum absolute atomic E-state index is 0.155. The Hall–Kier alpha value is -1.92. The number of hydrazine groups is 1. The summed E-state index contributed by atoms with van der Waals surface area (Å²) in [6, 6.07) is 0. The quantitative estimate of drug-likeness (QED) is 0.497. The molecular formula is C6H8N4O3. The van der Waals surface area contributed by atoms with E-state index >= 15 is 0 Å². The maximum Gasteiger partial charge on any atom is 0.277 e. The van der Waals surface area contributed by atoms with Crippen molar-refractivity contribution in [3.63, 3.8) is 0 Å². The van der Waals surface area contributed by atoms with Gasteiger partial charge in [-0.05, 0) is 13.8 Å². The predicted octanol–water partition coefficient (Wildman–Crippen LogP) is -0.00966. The van der Waals surface area contributed by atoms with Gasteiger partial charge < -0.3 is 4.98 Å². The number of nitro groups is 1. The number of anilines is 1. The minimum Gasteiger partial charge on any atom is -0.325 e. The number of aryl methyl sites for hydroxylation is 1. The van der Waals surface area contributed by atoms with Crippen molar-refractivity contribution in [3.8, 4) is 0 Å². The van der Waals surface area contributed by atoms with Gasteiger partial charge in [0.2, 0.25) is 0 Å². The summed E-state index contributed by atoms with van der Waals surface area (Å²) in [4.78, 5) is 27.1. The molecule has 0 saturated heterocycles. The van der Waals surface area contributed by atoms with Gasteiger partial charge in [0.25, 0.3) is 11.5 Å². The molecule has 0 aliphatic carbocycles. The van der Waals surface area contributed by atoms with Crippen LogP contribution in [0.3, 0.4) is 0 Å². The molecule has 1 aromatic rings. The molecule has 0 radical (unpaired) electrons. The summed E-state index contributed by atoms with van der Waals surface area (Å²) in [7, 11) is 0. The normalized spacial score (nSPS) is 9.69. The summed E-state index contributed by atoms with van der Waals surface area (Å²) in [5.74, 6) is -0.155. The molecule has 1 rings (SSSR count). The van der Waals surface area contributed by atoms with Gasteiger partial charge in [0.15, 0.2) is 5.03 Å². The molecule has 0 atom stereocenters. The van der Waals surface area contributed by atoms with Crippen LogP contribution >= 0.6 is 0 Å². The zero-order chi connectivity index (χ0) is 10.0. The van der Waals surface area contributed by atoms with Crippen molar-refractivity contribution in [2.45, 2.75) is 13.8 Å². The zero-order valence-electron chi connectivity index (χ0n) is 7.12. The van der Waals surface area contributed by atoms with E-state index in [4.69, 9.17) is 0 Å². The molecule has 0 aliphatic heterocycles. The molecule has 0 unspecified atom stereocenters. The molecule has 0 amide bonds. The first-order valence-electron chi connectivity index (χ1n) is 3.49. The van der Waals surface area contributed by atoms with Crippen LogP contribution < -0.4 is 11.0 Å². The van der Waals surface area contributed by atoms with E-state index in [-0.39, 0.29) is 5.95 Å². The molecular weight excluding hydrogens is 176 g/mol. The molecule has 0 fully saturated rings. The summed E-state index contributed by atoms with van der Waals surface area (Å²) in [6.07, 6.45) is 0. The van der Waals surface area contributed by atoms with Crippen LogP contribution in [0.1, 0.15) is 11.3 Å². The van der Waals surface area contributed by atoms with E-state index in [1.807, 2.05) is 0 Å².